The van der Waals surface area contributed by atoms with E-state index in [4.69, 9.17) is 4.74 Å². The summed E-state index contributed by atoms with van der Waals surface area (Å²) in [5, 5.41) is 0. The molecular formula is C22H24N2O2. The van der Waals surface area contributed by atoms with Crippen LogP contribution >= 0.6 is 0 Å². The van der Waals surface area contributed by atoms with Gasteiger partial charge in [-0.15, -0.1) is 0 Å². The van der Waals surface area contributed by atoms with Gasteiger partial charge < -0.3 is 4.74 Å². The minimum Gasteiger partial charge on any atom is -0.462 e. The lowest BCUT2D eigenvalue weighted by Crippen LogP contribution is -2.19. The number of carbonyl (C=O) groups excluding carboxylic acids is 1. The van der Waals surface area contributed by atoms with Gasteiger partial charge in [0.2, 0.25) is 0 Å². The highest BCUT2D eigenvalue weighted by Gasteiger charge is 2.20. The summed E-state index contributed by atoms with van der Waals surface area (Å²) >= 11 is 0. The fraction of sp³-hybridized carbons (Fsp3) is 0.273. The van der Waals surface area contributed by atoms with Crippen LogP contribution in [-0.2, 0) is 9.53 Å². The summed E-state index contributed by atoms with van der Waals surface area (Å²) in [6, 6.07) is 19.0. The van der Waals surface area contributed by atoms with Gasteiger partial charge in [0.15, 0.2) is 0 Å². The van der Waals surface area contributed by atoms with Crippen LogP contribution in [0.15, 0.2) is 76.2 Å². The molecule has 0 amide bonds. The minimum absolute atomic E-state index is 0.219. The second-order valence-corrected chi connectivity index (χ2v) is 6.65. The molecule has 0 heterocycles. The van der Waals surface area contributed by atoms with Crippen LogP contribution < -0.4 is 0 Å². The first kappa shape index (κ1) is 19.4. The third kappa shape index (κ3) is 5.83. The first-order valence-corrected chi connectivity index (χ1v) is 8.62. The first-order chi connectivity index (χ1) is 12.4. The molecule has 0 N–H and O–H groups in total. The van der Waals surface area contributed by atoms with E-state index in [2.05, 4.69) is 15.9 Å². The molecule has 4 heteroatoms. The molecule has 0 aromatic heterocycles. The van der Waals surface area contributed by atoms with Gasteiger partial charge >= 0.3 is 5.97 Å². The summed E-state index contributed by atoms with van der Waals surface area (Å²) in [4.78, 5) is 21.7. The van der Waals surface area contributed by atoms with Crippen LogP contribution in [0, 0.1) is 0 Å². The van der Waals surface area contributed by atoms with Crippen LogP contribution in [0.25, 0.3) is 0 Å². The molecule has 0 spiro atoms. The maximum atomic E-state index is 12.6. The number of carbonyl (C=O) groups is 1. The van der Waals surface area contributed by atoms with E-state index >= 15 is 0 Å². The summed E-state index contributed by atoms with van der Waals surface area (Å²) in [5.41, 5.74) is 1.88. The highest BCUT2D eigenvalue weighted by atomic mass is 16.5. The Morgan fingerprint density at radius 2 is 1.58 bits per heavy atom. The van der Waals surface area contributed by atoms with Crippen LogP contribution in [0.1, 0.15) is 33.3 Å². The zero-order valence-corrected chi connectivity index (χ0v) is 15.7. The van der Waals surface area contributed by atoms with Gasteiger partial charge in [-0.2, -0.15) is 0 Å². The van der Waals surface area contributed by atoms with Crippen LogP contribution in [0.5, 0.6) is 0 Å². The number of esters is 1. The van der Waals surface area contributed by atoms with Crippen molar-refractivity contribution < 1.29 is 9.53 Å². The van der Waals surface area contributed by atoms with Gasteiger partial charge in [0.1, 0.15) is 5.57 Å². The molecule has 2 aromatic carbocycles. The third-order valence-corrected chi connectivity index (χ3v) is 3.26. The molecule has 0 unspecified atom stereocenters. The van der Waals surface area contributed by atoms with Gasteiger partial charge in [-0.25, -0.2) is 14.8 Å². The van der Waals surface area contributed by atoms with Crippen molar-refractivity contribution in [1.82, 2.24) is 0 Å². The largest absolute Gasteiger partial charge is 0.462 e. The summed E-state index contributed by atoms with van der Waals surface area (Å²) in [6.07, 6.45) is 0. The zero-order valence-electron chi connectivity index (χ0n) is 15.7. The fourth-order valence-electron chi connectivity index (χ4n) is 2.11. The van der Waals surface area contributed by atoms with Crippen molar-refractivity contribution in [2.45, 2.75) is 33.2 Å². The van der Waals surface area contributed by atoms with E-state index < -0.39 is 5.97 Å². The molecule has 2 aromatic rings. The predicted molar refractivity (Wildman–Crippen MR) is 106 cm³/mol. The lowest BCUT2D eigenvalue weighted by Gasteiger charge is -2.11. The molecule has 0 saturated heterocycles. The van der Waals surface area contributed by atoms with E-state index in [1.54, 1.807) is 6.92 Å². The fourth-order valence-corrected chi connectivity index (χ4v) is 2.11. The van der Waals surface area contributed by atoms with E-state index in [-0.39, 0.29) is 17.7 Å². The average molecular weight is 348 g/mol. The number of aliphatic imine (C=N–C) groups is 2. The molecular weight excluding hydrogens is 324 g/mol. The highest BCUT2D eigenvalue weighted by Crippen LogP contribution is 2.18. The molecule has 0 aliphatic rings. The molecule has 0 fully saturated rings. The molecule has 0 aliphatic carbocycles. The van der Waals surface area contributed by atoms with Gasteiger partial charge in [-0.3, -0.25) is 0 Å². The minimum atomic E-state index is -0.487. The standard InChI is InChI=1S/C22H24N2O2/c1-5-26-21(25)19(16-23-22(2,3)4)20(17-12-8-6-9-13-17)24-18-14-10-7-11-15-18/h6-15H,5H2,1-4H3. The SMILES string of the molecule is CCOC(=O)C(=C=NC(C)(C)C)C(=Nc1ccccc1)c1ccccc1. The molecule has 134 valence electrons. The van der Waals surface area contributed by atoms with E-state index in [0.717, 1.165) is 11.3 Å². The van der Waals surface area contributed by atoms with Gasteiger partial charge in [-0.05, 0) is 45.7 Å². The Morgan fingerprint density at radius 1 is 1.00 bits per heavy atom. The summed E-state index contributed by atoms with van der Waals surface area (Å²) in [6.45, 7) is 7.87. The van der Waals surface area contributed by atoms with E-state index in [9.17, 15) is 4.79 Å². The summed E-state index contributed by atoms with van der Waals surface area (Å²) in [5.74, 6) is 2.41. The third-order valence-electron chi connectivity index (χ3n) is 3.26. The number of benzene rings is 2. The van der Waals surface area contributed by atoms with E-state index in [0.29, 0.717) is 5.71 Å². The van der Waals surface area contributed by atoms with Crippen LogP contribution in [0.4, 0.5) is 5.69 Å². The highest BCUT2D eigenvalue weighted by molar-refractivity contribution is 6.32. The van der Waals surface area contributed by atoms with Crippen molar-refractivity contribution in [2.24, 2.45) is 9.98 Å². The number of para-hydroxylation sites is 1. The Bertz CT molecular complexity index is 825. The quantitative estimate of drug-likeness (QED) is 0.444. The molecule has 0 aliphatic heterocycles. The molecule has 0 saturated carbocycles. The van der Waals surface area contributed by atoms with Gasteiger partial charge in [-0.1, -0.05) is 48.5 Å². The Kier molecular flexibility index (Phi) is 6.65. The van der Waals surface area contributed by atoms with Gasteiger partial charge in [0.25, 0.3) is 0 Å². The monoisotopic (exact) mass is 348 g/mol. The number of hydrogen-bond donors (Lipinski definition) is 0. The summed E-state index contributed by atoms with van der Waals surface area (Å²) in [7, 11) is 0. The number of hydrogen-bond acceptors (Lipinski definition) is 4. The smallest absolute Gasteiger partial charge is 0.349 e. The lowest BCUT2D eigenvalue weighted by atomic mass is 10.0. The zero-order chi connectivity index (χ0) is 19.0. The van der Waals surface area contributed by atoms with Crippen molar-refractivity contribution in [2.75, 3.05) is 6.61 Å². The van der Waals surface area contributed by atoms with Crippen molar-refractivity contribution in [3.8, 4) is 0 Å². The normalized spacial score (nSPS) is 11.5. The van der Waals surface area contributed by atoms with Crippen molar-refractivity contribution in [1.29, 1.82) is 0 Å². The van der Waals surface area contributed by atoms with Crippen LogP contribution in [-0.4, -0.2) is 29.7 Å². The summed E-state index contributed by atoms with van der Waals surface area (Å²) < 4.78 is 5.23. The maximum absolute atomic E-state index is 12.6. The van der Waals surface area contributed by atoms with E-state index in [1.165, 1.54) is 0 Å². The number of ether oxygens (including phenoxy) is 1. The van der Waals surface area contributed by atoms with E-state index in [1.807, 2.05) is 81.4 Å². The molecule has 2 rings (SSSR count). The van der Waals surface area contributed by atoms with Crippen LogP contribution in [0.3, 0.4) is 0 Å². The van der Waals surface area contributed by atoms with Gasteiger partial charge in [0, 0.05) is 5.56 Å². The lowest BCUT2D eigenvalue weighted by molar-refractivity contribution is -0.137. The molecule has 0 atom stereocenters. The van der Waals surface area contributed by atoms with Crippen molar-refractivity contribution >= 4 is 23.2 Å². The molecule has 0 radical (unpaired) electrons. The van der Waals surface area contributed by atoms with Crippen molar-refractivity contribution in [3.63, 3.8) is 0 Å². The molecule has 0 bridgehead atoms. The number of nitrogens with zero attached hydrogens (tertiary/aromatic N) is 2. The molecule has 26 heavy (non-hydrogen) atoms. The Labute approximate surface area is 155 Å². The number of rotatable bonds is 5. The van der Waals surface area contributed by atoms with Gasteiger partial charge in [0.05, 0.1) is 23.5 Å². The Hall–Kier alpha value is -2.97. The Morgan fingerprint density at radius 3 is 2.12 bits per heavy atom. The first-order valence-electron chi connectivity index (χ1n) is 8.62. The van der Waals surface area contributed by atoms with Crippen molar-refractivity contribution in [3.05, 3.63) is 71.8 Å². The van der Waals surface area contributed by atoms with Crippen LogP contribution in [0.2, 0.25) is 0 Å². The topological polar surface area (TPSA) is 51.0 Å². The Balaban J connectivity index is 2.68. The average Bonchev–Trinajstić information content (AvgIpc) is 2.62. The predicted octanol–water partition coefficient (Wildman–Crippen LogP) is 4.77. The second kappa shape index (κ2) is 8.93. The molecule has 4 nitrogen and oxygen atoms in total. The maximum Gasteiger partial charge on any atom is 0.349 e. The second-order valence-electron chi connectivity index (χ2n) is 6.65.